The van der Waals surface area contributed by atoms with E-state index in [2.05, 4.69) is 0 Å². The molecule has 0 atom stereocenters. The van der Waals surface area contributed by atoms with Gasteiger partial charge < -0.3 is 15.7 Å². The highest BCUT2D eigenvalue weighted by Crippen LogP contribution is 2.31. The summed E-state index contributed by atoms with van der Waals surface area (Å²) in [6.07, 6.45) is 0. The second-order valence-electron chi connectivity index (χ2n) is 4.78. The molecule has 4 nitrogen and oxygen atoms in total. The van der Waals surface area contributed by atoms with Crippen LogP contribution in [0.15, 0.2) is 36.4 Å². The summed E-state index contributed by atoms with van der Waals surface area (Å²) in [4.78, 5) is 12.9. The maximum atomic E-state index is 14.2. The van der Waals surface area contributed by atoms with Crippen LogP contribution in [0.5, 0.6) is 0 Å². The van der Waals surface area contributed by atoms with Crippen molar-refractivity contribution in [2.45, 2.75) is 13.8 Å². The third-order valence-electron chi connectivity index (χ3n) is 3.30. The minimum absolute atomic E-state index is 0.0799. The number of halogens is 1. The SMILES string of the molecule is CCN(c1ccc(C)cc1)c1cc(C(=O)O)c(N)cc1F. The van der Waals surface area contributed by atoms with E-state index in [4.69, 9.17) is 10.8 Å². The van der Waals surface area contributed by atoms with E-state index in [0.717, 1.165) is 17.3 Å². The van der Waals surface area contributed by atoms with Gasteiger partial charge in [-0.05, 0) is 38.1 Å². The summed E-state index contributed by atoms with van der Waals surface area (Å²) < 4.78 is 14.2. The molecule has 0 amide bonds. The Morgan fingerprint density at radius 1 is 1.29 bits per heavy atom. The number of carboxylic acids is 1. The molecule has 0 spiro atoms. The molecule has 2 aromatic rings. The largest absolute Gasteiger partial charge is 0.478 e. The molecule has 0 saturated carbocycles. The van der Waals surface area contributed by atoms with Crippen molar-refractivity contribution in [2.75, 3.05) is 17.2 Å². The number of carbonyl (C=O) groups is 1. The van der Waals surface area contributed by atoms with Crippen molar-refractivity contribution in [2.24, 2.45) is 0 Å². The number of aryl methyl sites for hydroxylation is 1. The van der Waals surface area contributed by atoms with Crippen molar-refractivity contribution >= 4 is 23.0 Å². The maximum absolute atomic E-state index is 14.2. The van der Waals surface area contributed by atoms with E-state index in [1.54, 1.807) is 4.90 Å². The van der Waals surface area contributed by atoms with Gasteiger partial charge in [-0.25, -0.2) is 9.18 Å². The number of nitrogens with zero attached hydrogens (tertiary/aromatic N) is 1. The predicted molar refractivity (Wildman–Crippen MR) is 81.6 cm³/mol. The van der Waals surface area contributed by atoms with Crippen molar-refractivity contribution in [3.05, 3.63) is 53.3 Å². The molecule has 0 aliphatic heterocycles. The molecule has 2 aromatic carbocycles. The van der Waals surface area contributed by atoms with Gasteiger partial charge in [0, 0.05) is 17.9 Å². The molecule has 0 radical (unpaired) electrons. The highest BCUT2D eigenvalue weighted by atomic mass is 19.1. The Hall–Kier alpha value is -2.56. The molecule has 21 heavy (non-hydrogen) atoms. The second-order valence-corrected chi connectivity index (χ2v) is 4.78. The summed E-state index contributed by atoms with van der Waals surface area (Å²) in [5, 5.41) is 9.12. The van der Waals surface area contributed by atoms with Crippen molar-refractivity contribution < 1.29 is 14.3 Å². The van der Waals surface area contributed by atoms with Crippen LogP contribution in [-0.2, 0) is 0 Å². The van der Waals surface area contributed by atoms with Crippen molar-refractivity contribution in [3.63, 3.8) is 0 Å². The van der Waals surface area contributed by atoms with E-state index in [1.807, 2.05) is 38.1 Å². The molecule has 5 heteroatoms. The highest BCUT2D eigenvalue weighted by Gasteiger charge is 2.18. The third-order valence-corrected chi connectivity index (χ3v) is 3.30. The van der Waals surface area contributed by atoms with Crippen LogP contribution in [0, 0.1) is 12.7 Å². The van der Waals surface area contributed by atoms with Crippen molar-refractivity contribution in [3.8, 4) is 0 Å². The predicted octanol–water partition coefficient (Wildman–Crippen LogP) is 3.57. The van der Waals surface area contributed by atoms with E-state index >= 15 is 0 Å². The Balaban J connectivity index is 2.54. The van der Waals surface area contributed by atoms with Gasteiger partial charge in [-0.3, -0.25) is 0 Å². The summed E-state index contributed by atoms with van der Waals surface area (Å²) in [5.74, 6) is -1.71. The summed E-state index contributed by atoms with van der Waals surface area (Å²) in [6.45, 7) is 4.34. The van der Waals surface area contributed by atoms with E-state index in [9.17, 15) is 9.18 Å². The molecule has 0 fully saturated rings. The quantitative estimate of drug-likeness (QED) is 0.844. The van der Waals surface area contributed by atoms with Crippen molar-refractivity contribution in [1.82, 2.24) is 0 Å². The minimum Gasteiger partial charge on any atom is -0.478 e. The minimum atomic E-state index is -1.17. The first-order valence-electron chi connectivity index (χ1n) is 6.60. The lowest BCUT2D eigenvalue weighted by Gasteiger charge is -2.24. The number of hydrogen-bond donors (Lipinski definition) is 2. The van der Waals surface area contributed by atoms with E-state index < -0.39 is 11.8 Å². The summed E-state index contributed by atoms with van der Waals surface area (Å²) in [6, 6.07) is 9.91. The number of anilines is 3. The Morgan fingerprint density at radius 3 is 2.43 bits per heavy atom. The lowest BCUT2D eigenvalue weighted by atomic mass is 10.1. The van der Waals surface area contributed by atoms with Crippen LogP contribution >= 0.6 is 0 Å². The number of aromatic carboxylic acids is 1. The van der Waals surface area contributed by atoms with Crippen LogP contribution in [0.1, 0.15) is 22.8 Å². The maximum Gasteiger partial charge on any atom is 0.337 e. The summed E-state index contributed by atoms with van der Waals surface area (Å²) >= 11 is 0. The van der Waals surface area contributed by atoms with Crippen LogP contribution in [0.4, 0.5) is 21.5 Å². The van der Waals surface area contributed by atoms with Gasteiger partial charge in [0.25, 0.3) is 0 Å². The van der Waals surface area contributed by atoms with Gasteiger partial charge in [0.05, 0.1) is 11.3 Å². The number of rotatable bonds is 4. The summed E-state index contributed by atoms with van der Waals surface area (Å²) in [7, 11) is 0. The molecular formula is C16H17FN2O2. The van der Waals surface area contributed by atoms with Gasteiger partial charge in [-0.2, -0.15) is 0 Å². The molecule has 2 rings (SSSR count). The highest BCUT2D eigenvalue weighted by molar-refractivity contribution is 5.95. The topological polar surface area (TPSA) is 66.6 Å². The van der Waals surface area contributed by atoms with Crippen LogP contribution in [-0.4, -0.2) is 17.6 Å². The fraction of sp³-hybridized carbons (Fsp3) is 0.188. The Kier molecular flexibility index (Phi) is 4.12. The third kappa shape index (κ3) is 2.97. The normalized spacial score (nSPS) is 10.4. The molecule has 0 aliphatic rings. The molecule has 110 valence electrons. The smallest absolute Gasteiger partial charge is 0.337 e. The van der Waals surface area contributed by atoms with E-state index in [1.165, 1.54) is 6.07 Å². The number of nitrogens with two attached hydrogens (primary N) is 1. The number of nitrogen functional groups attached to an aromatic ring is 1. The molecule has 3 N–H and O–H groups in total. The zero-order valence-electron chi connectivity index (χ0n) is 11.9. The lowest BCUT2D eigenvalue weighted by molar-refractivity contribution is 0.0698. The van der Waals surface area contributed by atoms with Crippen LogP contribution in [0.3, 0.4) is 0 Å². The molecular weight excluding hydrogens is 271 g/mol. The van der Waals surface area contributed by atoms with Gasteiger partial charge in [-0.15, -0.1) is 0 Å². The lowest BCUT2D eigenvalue weighted by Crippen LogP contribution is -2.18. The fourth-order valence-corrected chi connectivity index (χ4v) is 2.19. The average Bonchev–Trinajstić information content (AvgIpc) is 2.43. The first-order chi connectivity index (χ1) is 9.93. The number of carboxylic acid groups (broad SMARTS) is 1. The Bertz CT molecular complexity index is 669. The van der Waals surface area contributed by atoms with Gasteiger partial charge in [0.2, 0.25) is 0 Å². The Labute approximate surface area is 122 Å². The van der Waals surface area contributed by atoms with Crippen LogP contribution in [0.2, 0.25) is 0 Å². The standard InChI is InChI=1S/C16H17FN2O2/c1-3-19(11-6-4-10(2)5-7-11)15-8-12(16(20)21)14(18)9-13(15)17/h4-9H,3,18H2,1-2H3,(H,20,21). The van der Waals surface area contributed by atoms with E-state index in [0.29, 0.717) is 6.54 Å². The van der Waals surface area contributed by atoms with Crippen LogP contribution < -0.4 is 10.6 Å². The van der Waals surface area contributed by atoms with Crippen LogP contribution in [0.25, 0.3) is 0 Å². The monoisotopic (exact) mass is 288 g/mol. The molecule has 0 aliphatic carbocycles. The fourth-order valence-electron chi connectivity index (χ4n) is 2.19. The molecule has 0 saturated heterocycles. The van der Waals surface area contributed by atoms with Gasteiger partial charge in [0.15, 0.2) is 0 Å². The molecule has 0 heterocycles. The van der Waals surface area contributed by atoms with Crippen molar-refractivity contribution in [1.29, 1.82) is 0 Å². The van der Waals surface area contributed by atoms with E-state index in [-0.39, 0.29) is 16.9 Å². The molecule has 0 bridgehead atoms. The van der Waals surface area contributed by atoms with Gasteiger partial charge in [-0.1, -0.05) is 17.7 Å². The second kappa shape index (κ2) is 5.83. The zero-order chi connectivity index (χ0) is 15.6. The first kappa shape index (κ1) is 14.8. The van der Waals surface area contributed by atoms with Gasteiger partial charge in [0.1, 0.15) is 5.82 Å². The number of hydrogen-bond acceptors (Lipinski definition) is 3. The number of benzene rings is 2. The Morgan fingerprint density at radius 2 is 1.90 bits per heavy atom. The molecule has 0 aromatic heterocycles. The summed E-state index contributed by atoms with van der Waals surface area (Å²) in [5.41, 5.74) is 7.46. The molecule has 0 unspecified atom stereocenters. The zero-order valence-corrected chi connectivity index (χ0v) is 11.9. The average molecular weight is 288 g/mol. The first-order valence-corrected chi connectivity index (χ1v) is 6.60. The van der Waals surface area contributed by atoms with Gasteiger partial charge >= 0.3 is 5.97 Å².